The molecular formula is C27H39N5O5. The average Bonchev–Trinajstić information content (AvgIpc) is 3.51. The van der Waals surface area contributed by atoms with E-state index in [1.807, 2.05) is 58.0 Å². The number of carbonyl (C=O) groups excluding carboxylic acids is 5. The molecule has 2 aliphatic rings. The van der Waals surface area contributed by atoms with E-state index < -0.39 is 47.8 Å². The van der Waals surface area contributed by atoms with Crippen LogP contribution in [0.4, 0.5) is 0 Å². The van der Waals surface area contributed by atoms with Gasteiger partial charge in [-0.05, 0) is 37.2 Å². The lowest BCUT2D eigenvalue weighted by Gasteiger charge is -2.25. The van der Waals surface area contributed by atoms with Gasteiger partial charge in [-0.15, -0.1) is 0 Å². The van der Waals surface area contributed by atoms with Gasteiger partial charge in [-0.2, -0.15) is 0 Å². The molecule has 2 saturated heterocycles. The lowest BCUT2D eigenvalue weighted by Crippen LogP contribution is -2.55. The highest BCUT2D eigenvalue weighted by molar-refractivity contribution is 6.00. The van der Waals surface area contributed by atoms with E-state index in [9.17, 15) is 24.0 Å². The molecule has 2 aliphatic heterocycles. The van der Waals surface area contributed by atoms with Crippen molar-refractivity contribution in [3.63, 3.8) is 0 Å². The Morgan fingerprint density at radius 2 is 1.38 bits per heavy atom. The van der Waals surface area contributed by atoms with Crippen LogP contribution in [0.3, 0.4) is 0 Å². The molecule has 5 amide bonds. The van der Waals surface area contributed by atoms with Crippen molar-refractivity contribution in [1.29, 1.82) is 0 Å². The standard InChI is InChI=1S/C27H39N5O5/c1-15(2)11-19-25(35)31-21(12-16(3)4)27(37)32-17(5)23(32)26(36)30-20(13-18-9-7-6-8-10-18)24(34)28-14-22(33)29-19/h6-10,15-17,19-21,23H,11-14H2,1-5H3,(H,28,34)(H,29,33)(H,30,36)(H,31,35)/t17-,19-,20-,21-,23-,32?/m0/s1. The average molecular weight is 514 g/mol. The summed E-state index contributed by atoms with van der Waals surface area (Å²) in [4.78, 5) is 67.0. The molecule has 0 aliphatic carbocycles. The Hall–Kier alpha value is -3.43. The first-order valence-corrected chi connectivity index (χ1v) is 13.0. The van der Waals surface area contributed by atoms with Gasteiger partial charge in [-0.25, -0.2) is 0 Å². The van der Waals surface area contributed by atoms with Crippen LogP contribution in [0.1, 0.15) is 53.0 Å². The zero-order chi connectivity index (χ0) is 27.3. The Bertz CT molecular complexity index is 1010. The van der Waals surface area contributed by atoms with Crippen LogP contribution in [0, 0.1) is 11.8 Å². The van der Waals surface area contributed by atoms with Crippen molar-refractivity contribution in [3.05, 3.63) is 35.9 Å². The summed E-state index contributed by atoms with van der Waals surface area (Å²) in [5.74, 6) is -2.09. The highest BCUT2D eigenvalue weighted by Crippen LogP contribution is 2.30. The smallest absolute Gasteiger partial charge is 0.246 e. The maximum Gasteiger partial charge on any atom is 0.246 e. The summed E-state index contributed by atoms with van der Waals surface area (Å²) in [7, 11) is 0. The first-order valence-electron chi connectivity index (χ1n) is 13.0. The fourth-order valence-electron chi connectivity index (χ4n) is 4.73. The molecule has 5 atom stereocenters. The molecular weight excluding hydrogens is 474 g/mol. The summed E-state index contributed by atoms with van der Waals surface area (Å²) in [6.45, 7) is 9.19. The van der Waals surface area contributed by atoms with Gasteiger partial charge in [0.25, 0.3) is 0 Å². The van der Waals surface area contributed by atoms with Gasteiger partial charge in [0.2, 0.25) is 29.5 Å². The largest absolute Gasteiger partial charge is 0.345 e. The molecule has 1 aromatic rings. The van der Waals surface area contributed by atoms with Crippen LogP contribution in [0.5, 0.6) is 0 Å². The van der Waals surface area contributed by atoms with Gasteiger partial charge in [0, 0.05) is 6.42 Å². The van der Waals surface area contributed by atoms with E-state index in [1.54, 1.807) is 6.92 Å². The minimum atomic E-state index is -0.935. The fraction of sp³-hybridized carbons (Fsp3) is 0.593. The van der Waals surface area contributed by atoms with Crippen LogP contribution in [0.2, 0.25) is 0 Å². The summed E-state index contributed by atoms with van der Waals surface area (Å²) in [6.07, 6.45) is 0.982. The SMILES string of the molecule is CC(C)C[C@@H]1NC(=O)CNC(=O)[C@H](Cc2ccccc2)NC(=O)[C@@H]2[C@H](C)N2C(=O)[C@H](CC(C)C)NC1=O. The van der Waals surface area contributed by atoms with Crippen molar-refractivity contribution >= 4 is 29.5 Å². The Morgan fingerprint density at radius 1 is 0.784 bits per heavy atom. The quantitative estimate of drug-likeness (QED) is 0.411. The second-order valence-electron chi connectivity index (χ2n) is 10.8. The van der Waals surface area contributed by atoms with Crippen LogP contribution in [0.15, 0.2) is 30.3 Å². The van der Waals surface area contributed by atoms with Crippen molar-refractivity contribution in [3.8, 4) is 0 Å². The number of benzene rings is 1. The number of hydrogen-bond acceptors (Lipinski definition) is 5. The highest BCUT2D eigenvalue weighted by atomic mass is 16.2. The van der Waals surface area contributed by atoms with Gasteiger partial charge < -0.3 is 26.2 Å². The minimum Gasteiger partial charge on any atom is -0.345 e. The van der Waals surface area contributed by atoms with Crippen LogP contribution in [-0.2, 0) is 30.4 Å². The van der Waals surface area contributed by atoms with E-state index in [0.29, 0.717) is 12.8 Å². The number of amides is 5. The van der Waals surface area contributed by atoms with Gasteiger partial charge in [0.15, 0.2) is 0 Å². The molecule has 4 N–H and O–H groups in total. The predicted octanol–water partition coefficient (Wildman–Crippen LogP) is 0.505. The maximum absolute atomic E-state index is 13.5. The van der Waals surface area contributed by atoms with Crippen molar-refractivity contribution in [2.75, 3.05) is 6.54 Å². The lowest BCUT2D eigenvalue weighted by atomic mass is 10.00. The molecule has 0 bridgehead atoms. The number of rotatable bonds is 6. The van der Waals surface area contributed by atoms with Gasteiger partial charge in [-0.1, -0.05) is 58.0 Å². The molecule has 2 heterocycles. The highest BCUT2D eigenvalue weighted by Gasteiger charge is 2.54. The lowest BCUT2D eigenvalue weighted by molar-refractivity contribution is -0.136. The van der Waals surface area contributed by atoms with Crippen LogP contribution in [0.25, 0.3) is 0 Å². The van der Waals surface area contributed by atoms with Crippen molar-refractivity contribution in [1.82, 2.24) is 26.2 Å². The Labute approximate surface area is 218 Å². The molecule has 2 fully saturated rings. The van der Waals surface area contributed by atoms with E-state index in [4.69, 9.17) is 0 Å². The van der Waals surface area contributed by atoms with Crippen LogP contribution >= 0.6 is 0 Å². The third-order valence-corrected chi connectivity index (χ3v) is 6.65. The van der Waals surface area contributed by atoms with Crippen molar-refractivity contribution in [2.45, 2.75) is 84.1 Å². The number of carbonyl (C=O) groups is 5. The van der Waals surface area contributed by atoms with Crippen LogP contribution < -0.4 is 21.3 Å². The van der Waals surface area contributed by atoms with Crippen molar-refractivity contribution < 1.29 is 24.0 Å². The second-order valence-corrected chi connectivity index (χ2v) is 10.8. The third kappa shape index (κ3) is 7.53. The molecule has 0 spiro atoms. The number of hydrogen-bond donors (Lipinski definition) is 4. The summed E-state index contributed by atoms with van der Waals surface area (Å²) in [5, 5.41) is 10.9. The minimum absolute atomic E-state index is 0.0978. The molecule has 0 radical (unpaired) electrons. The van der Waals surface area contributed by atoms with E-state index in [2.05, 4.69) is 21.3 Å². The van der Waals surface area contributed by atoms with Crippen molar-refractivity contribution in [2.24, 2.45) is 11.8 Å². The first kappa shape index (κ1) is 28.1. The van der Waals surface area contributed by atoms with E-state index in [0.717, 1.165) is 5.56 Å². The molecule has 1 aromatic carbocycles. The zero-order valence-electron chi connectivity index (χ0n) is 22.2. The number of nitrogens with zero attached hydrogens (tertiary/aromatic N) is 1. The number of fused-ring (bicyclic) bond motifs is 1. The van der Waals surface area contributed by atoms with Crippen LogP contribution in [-0.4, -0.2) is 71.2 Å². The normalized spacial score (nSPS) is 27.5. The first-order chi connectivity index (χ1) is 17.5. The summed E-state index contributed by atoms with van der Waals surface area (Å²) < 4.78 is 0. The van der Waals surface area contributed by atoms with Gasteiger partial charge in [0.1, 0.15) is 24.2 Å². The van der Waals surface area contributed by atoms with Gasteiger partial charge in [-0.3, -0.25) is 24.0 Å². The molecule has 0 saturated carbocycles. The monoisotopic (exact) mass is 513 g/mol. The topological polar surface area (TPSA) is 136 Å². The number of nitrogens with one attached hydrogen (secondary N) is 4. The second kappa shape index (κ2) is 12.2. The Balaban J connectivity index is 1.90. The Morgan fingerprint density at radius 3 is 2.00 bits per heavy atom. The summed E-state index contributed by atoms with van der Waals surface area (Å²) >= 11 is 0. The predicted molar refractivity (Wildman–Crippen MR) is 138 cm³/mol. The zero-order valence-corrected chi connectivity index (χ0v) is 22.2. The molecule has 0 unspecified atom stereocenters. The molecule has 3 rings (SSSR count). The maximum atomic E-state index is 13.5. The third-order valence-electron chi connectivity index (χ3n) is 6.65. The van der Waals surface area contributed by atoms with Gasteiger partial charge >= 0.3 is 0 Å². The molecule has 0 aromatic heterocycles. The molecule has 10 heteroatoms. The van der Waals surface area contributed by atoms with Gasteiger partial charge in [0.05, 0.1) is 12.6 Å². The molecule has 202 valence electrons. The molecule has 10 nitrogen and oxygen atoms in total. The Kier molecular flexibility index (Phi) is 9.29. The van der Waals surface area contributed by atoms with E-state index >= 15 is 0 Å². The van der Waals surface area contributed by atoms with E-state index in [1.165, 1.54) is 4.90 Å². The summed E-state index contributed by atoms with van der Waals surface area (Å²) in [5.41, 5.74) is 0.839. The molecule has 37 heavy (non-hydrogen) atoms. The summed E-state index contributed by atoms with van der Waals surface area (Å²) in [6, 6.07) is 5.51. The fourth-order valence-corrected chi connectivity index (χ4v) is 4.73. The van der Waals surface area contributed by atoms with E-state index in [-0.39, 0.29) is 36.8 Å².